The molecule has 1 N–H and O–H groups in total. The molecule has 104 valence electrons. The molecular formula is C13H20N4O2. The van der Waals surface area contributed by atoms with E-state index in [-0.39, 0.29) is 5.56 Å². The summed E-state index contributed by atoms with van der Waals surface area (Å²) in [7, 11) is 0. The van der Waals surface area contributed by atoms with E-state index in [1.165, 1.54) is 6.42 Å². The zero-order valence-electron chi connectivity index (χ0n) is 11.0. The van der Waals surface area contributed by atoms with Gasteiger partial charge < -0.3 is 15.0 Å². The molecule has 0 radical (unpaired) electrons. The maximum Gasteiger partial charge on any atom is 0.268 e. The van der Waals surface area contributed by atoms with Gasteiger partial charge in [0.05, 0.1) is 31.6 Å². The molecule has 0 aromatic carbocycles. The highest BCUT2D eigenvalue weighted by atomic mass is 16.5. The summed E-state index contributed by atoms with van der Waals surface area (Å²) < 4.78 is 6.87. The maximum atomic E-state index is 12.1. The van der Waals surface area contributed by atoms with Crippen LogP contribution in [0.5, 0.6) is 0 Å². The molecule has 6 heteroatoms. The number of anilines is 1. The first-order valence-corrected chi connectivity index (χ1v) is 6.96. The number of nitrogens with zero attached hydrogens (tertiary/aromatic N) is 3. The van der Waals surface area contributed by atoms with E-state index < -0.39 is 0 Å². The van der Waals surface area contributed by atoms with Gasteiger partial charge >= 0.3 is 0 Å². The lowest BCUT2D eigenvalue weighted by atomic mass is 10.2. The summed E-state index contributed by atoms with van der Waals surface area (Å²) in [6, 6.07) is 2.08. The molecule has 2 aliphatic rings. The molecule has 19 heavy (non-hydrogen) atoms. The highest BCUT2D eigenvalue weighted by Gasteiger charge is 2.17. The van der Waals surface area contributed by atoms with E-state index in [0.717, 1.165) is 45.0 Å². The van der Waals surface area contributed by atoms with Gasteiger partial charge in [0.1, 0.15) is 0 Å². The Morgan fingerprint density at radius 2 is 2.26 bits per heavy atom. The Labute approximate surface area is 112 Å². The molecule has 0 bridgehead atoms. The van der Waals surface area contributed by atoms with E-state index in [4.69, 9.17) is 4.74 Å². The van der Waals surface area contributed by atoms with E-state index in [0.29, 0.717) is 12.6 Å². The van der Waals surface area contributed by atoms with Crippen LogP contribution in [0.1, 0.15) is 12.8 Å². The number of hydrogen-bond donors (Lipinski definition) is 1. The van der Waals surface area contributed by atoms with Crippen LogP contribution in [-0.4, -0.2) is 48.7 Å². The predicted molar refractivity (Wildman–Crippen MR) is 72.6 cm³/mol. The fraction of sp³-hybridized carbons (Fsp3) is 0.692. The van der Waals surface area contributed by atoms with Crippen molar-refractivity contribution in [3.8, 4) is 0 Å². The van der Waals surface area contributed by atoms with Crippen molar-refractivity contribution in [1.82, 2.24) is 15.1 Å². The van der Waals surface area contributed by atoms with Gasteiger partial charge in [0.2, 0.25) is 0 Å². The molecule has 0 unspecified atom stereocenters. The van der Waals surface area contributed by atoms with Gasteiger partial charge in [-0.2, -0.15) is 5.10 Å². The molecule has 1 atom stereocenters. The summed E-state index contributed by atoms with van der Waals surface area (Å²) in [5, 5.41) is 7.68. The lowest BCUT2D eigenvalue weighted by molar-refractivity contribution is 0.122. The highest BCUT2D eigenvalue weighted by molar-refractivity contribution is 5.43. The van der Waals surface area contributed by atoms with Crippen molar-refractivity contribution in [1.29, 1.82) is 0 Å². The normalized spacial score (nSPS) is 23.8. The predicted octanol–water partition coefficient (Wildman–Crippen LogP) is -0.168. The van der Waals surface area contributed by atoms with Gasteiger partial charge in [0.25, 0.3) is 5.56 Å². The third-order valence-corrected chi connectivity index (χ3v) is 3.79. The van der Waals surface area contributed by atoms with Crippen molar-refractivity contribution in [3.63, 3.8) is 0 Å². The summed E-state index contributed by atoms with van der Waals surface area (Å²) in [5.41, 5.74) is 0.890. The van der Waals surface area contributed by atoms with Crippen molar-refractivity contribution in [2.24, 2.45) is 0 Å². The Morgan fingerprint density at radius 1 is 1.42 bits per heavy atom. The largest absolute Gasteiger partial charge is 0.378 e. The summed E-state index contributed by atoms with van der Waals surface area (Å²) in [5.74, 6) is 0. The van der Waals surface area contributed by atoms with E-state index in [1.54, 1.807) is 16.9 Å². The van der Waals surface area contributed by atoms with Crippen LogP contribution < -0.4 is 15.8 Å². The van der Waals surface area contributed by atoms with Crippen molar-refractivity contribution < 1.29 is 4.74 Å². The van der Waals surface area contributed by atoms with Gasteiger partial charge in [-0.25, -0.2) is 4.68 Å². The Bertz CT molecular complexity index is 476. The average molecular weight is 264 g/mol. The topological polar surface area (TPSA) is 59.4 Å². The van der Waals surface area contributed by atoms with Crippen LogP contribution in [0.15, 0.2) is 17.1 Å². The Kier molecular flexibility index (Phi) is 3.79. The quantitative estimate of drug-likeness (QED) is 0.821. The molecular weight excluding hydrogens is 244 g/mol. The molecule has 3 rings (SSSR count). The van der Waals surface area contributed by atoms with Gasteiger partial charge in [-0.15, -0.1) is 0 Å². The first-order valence-electron chi connectivity index (χ1n) is 6.96. The average Bonchev–Trinajstić information content (AvgIpc) is 2.95. The van der Waals surface area contributed by atoms with Gasteiger partial charge in [-0.05, 0) is 19.4 Å². The number of morpholine rings is 1. The number of nitrogens with one attached hydrogen (secondary N) is 1. The monoisotopic (exact) mass is 264 g/mol. The summed E-state index contributed by atoms with van der Waals surface area (Å²) in [4.78, 5) is 14.2. The lowest BCUT2D eigenvalue weighted by Crippen LogP contribution is -2.38. The maximum absolute atomic E-state index is 12.1. The molecule has 1 aromatic heterocycles. The second-order valence-electron chi connectivity index (χ2n) is 5.13. The first-order chi connectivity index (χ1) is 9.33. The molecule has 1 aromatic rings. The van der Waals surface area contributed by atoms with Crippen molar-refractivity contribution in [2.75, 3.05) is 37.7 Å². The Hall–Kier alpha value is -1.40. The van der Waals surface area contributed by atoms with Crippen LogP contribution in [0, 0.1) is 0 Å². The minimum atomic E-state index is -0.0160. The minimum Gasteiger partial charge on any atom is -0.378 e. The van der Waals surface area contributed by atoms with E-state index in [1.807, 2.05) is 0 Å². The van der Waals surface area contributed by atoms with Crippen LogP contribution in [0.2, 0.25) is 0 Å². The third-order valence-electron chi connectivity index (χ3n) is 3.79. The van der Waals surface area contributed by atoms with E-state index in [2.05, 4.69) is 15.3 Å². The van der Waals surface area contributed by atoms with Crippen LogP contribution in [0.3, 0.4) is 0 Å². The van der Waals surface area contributed by atoms with Crippen molar-refractivity contribution in [3.05, 3.63) is 22.6 Å². The highest BCUT2D eigenvalue weighted by Crippen LogP contribution is 2.12. The number of aromatic nitrogens is 2. The molecule has 2 aliphatic heterocycles. The van der Waals surface area contributed by atoms with Gasteiger partial charge in [0.15, 0.2) is 0 Å². The van der Waals surface area contributed by atoms with E-state index in [9.17, 15) is 4.79 Å². The summed E-state index contributed by atoms with van der Waals surface area (Å²) >= 11 is 0. The number of rotatable bonds is 3. The molecule has 3 heterocycles. The fourth-order valence-corrected chi connectivity index (χ4v) is 2.68. The molecule has 2 saturated heterocycles. The lowest BCUT2D eigenvalue weighted by Gasteiger charge is -2.28. The van der Waals surface area contributed by atoms with Crippen LogP contribution >= 0.6 is 0 Å². The Morgan fingerprint density at radius 3 is 2.95 bits per heavy atom. The Balaban J connectivity index is 1.71. The van der Waals surface area contributed by atoms with Gasteiger partial charge in [0, 0.05) is 25.2 Å². The second kappa shape index (κ2) is 5.71. The molecule has 0 spiro atoms. The molecule has 6 nitrogen and oxygen atoms in total. The fourth-order valence-electron chi connectivity index (χ4n) is 2.68. The molecule has 0 saturated carbocycles. The smallest absolute Gasteiger partial charge is 0.268 e. The SMILES string of the molecule is O=c1cc(N2CCOCC2)cnn1C[C@H]1CCCN1. The molecule has 0 amide bonds. The summed E-state index contributed by atoms with van der Waals surface area (Å²) in [6.45, 7) is 4.81. The van der Waals surface area contributed by atoms with Crippen LogP contribution in [0.25, 0.3) is 0 Å². The zero-order valence-corrected chi connectivity index (χ0v) is 11.0. The number of hydrogen-bond acceptors (Lipinski definition) is 5. The van der Waals surface area contributed by atoms with Crippen LogP contribution in [0.4, 0.5) is 5.69 Å². The molecule has 2 fully saturated rings. The standard InChI is InChI=1S/C13H20N4O2/c18-13-8-12(16-4-6-19-7-5-16)9-15-17(13)10-11-2-1-3-14-11/h8-9,11,14H,1-7,10H2/t11-/m1/s1. The van der Waals surface area contributed by atoms with Gasteiger partial charge in [-0.1, -0.05) is 0 Å². The van der Waals surface area contributed by atoms with Crippen LogP contribution in [-0.2, 0) is 11.3 Å². The molecule has 0 aliphatic carbocycles. The zero-order chi connectivity index (χ0) is 13.1. The first kappa shape index (κ1) is 12.6. The van der Waals surface area contributed by atoms with Crippen molar-refractivity contribution >= 4 is 5.69 Å². The third kappa shape index (κ3) is 2.96. The second-order valence-corrected chi connectivity index (χ2v) is 5.13. The number of ether oxygens (including phenoxy) is 1. The van der Waals surface area contributed by atoms with E-state index >= 15 is 0 Å². The summed E-state index contributed by atoms with van der Waals surface area (Å²) in [6.07, 6.45) is 4.10. The minimum absolute atomic E-state index is 0.0160. The van der Waals surface area contributed by atoms with Crippen molar-refractivity contribution in [2.45, 2.75) is 25.4 Å². The van der Waals surface area contributed by atoms with Gasteiger partial charge in [-0.3, -0.25) is 4.79 Å².